The smallest absolute Gasteiger partial charge is 0.213 e. The van der Waals surface area contributed by atoms with Crippen molar-refractivity contribution in [3.05, 3.63) is 113 Å². The average molecular weight is 384 g/mol. The molecule has 0 aliphatic rings. The summed E-state index contributed by atoms with van der Waals surface area (Å²) in [4.78, 5) is 30.9. The second kappa shape index (κ2) is 7.98. The van der Waals surface area contributed by atoms with E-state index in [0.29, 0.717) is 21.1 Å². The minimum atomic E-state index is -0.266. The molecule has 1 N–H and O–H groups in total. The summed E-state index contributed by atoms with van der Waals surface area (Å²) in [5.74, 6) is -0.476. The van der Waals surface area contributed by atoms with Crippen LogP contribution in [-0.2, 0) is 0 Å². The SMILES string of the molecule is O=C(c1ccccc1)c1nc(Nc2ccccc2)sc1C(=O)c1ccccc1. The highest BCUT2D eigenvalue weighted by atomic mass is 32.1. The third kappa shape index (κ3) is 3.75. The number of nitrogens with one attached hydrogen (secondary N) is 1. The molecule has 4 rings (SSSR count). The van der Waals surface area contributed by atoms with E-state index in [0.717, 1.165) is 5.69 Å². The van der Waals surface area contributed by atoms with Crippen molar-refractivity contribution >= 4 is 33.7 Å². The molecule has 5 heteroatoms. The van der Waals surface area contributed by atoms with Crippen LogP contribution in [0.25, 0.3) is 0 Å². The summed E-state index contributed by atoms with van der Waals surface area (Å²) < 4.78 is 0. The van der Waals surface area contributed by atoms with Crippen LogP contribution in [0.15, 0.2) is 91.0 Å². The Bertz CT molecular complexity index is 1040. The summed E-state index contributed by atoms with van der Waals surface area (Å²) in [5.41, 5.74) is 2.04. The van der Waals surface area contributed by atoms with Crippen molar-refractivity contribution in [2.45, 2.75) is 0 Å². The Morgan fingerprint density at radius 2 is 1.18 bits per heavy atom. The molecule has 3 aromatic carbocycles. The number of benzene rings is 3. The fraction of sp³-hybridized carbons (Fsp3) is 0. The van der Waals surface area contributed by atoms with Crippen LogP contribution in [0.4, 0.5) is 10.8 Å². The van der Waals surface area contributed by atoms with Gasteiger partial charge >= 0.3 is 0 Å². The monoisotopic (exact) mass is 384 g/mol. The number of hydrogen-bond donors (Lipinski definition) is 1. The zero-order chi connectivity index (χ0) is 19.3. The van der Waals surface area contributed by atoms with E-state index in [1.54, 1.807) is 48.5 Å². The fourth-order valence-electron chi connectivity index (χ4n) is 2.77. The van der Waals surface area contributed by atoms with Gasteiger partial charge in [0.2, 0.25) is 11.6 Å². The Hall–Kier alpha value is -3.57. The van der Waals surface area contributed by atoms with Gasteiger partial charge in [0.05, 0.1) is 0 Å². The van der Waals surface area contributed by atoms with Crippen molar-refractivity contribution in [3.63, 3.8) is 0 Å². The van der Waals surface area contributed by atoms with Crippen molar-refractivity contribution < 1.29 is 9.59 Å². The quantitative estimate of drug-likeness (QED) is 0.455. The highest BCUT2D eigenvalue weighted by Crippen LogP contribution is 2.29. The van der Waals surface area contributed by atoms with Crippen molar-refractivity contribution in [1.82, 2.24) is 4.98 Å². The maximum Gasteiger partial charge on any atom is 0.213 e. The molecule has 28 heavy (non-hydrogen) atoms. The Balaban J connectivity index is 1.76. The number of thiazole rings is 1. The molecule has 0 fully saturated rings. The molecule has 0 bridgehead atoms. The molecule has 0 saturated carbocycles. The van der Waals surface area contributed by atoms with Gasteiger partial charge in [-0.1, -0.05) is 90.2 Å². The average Bonchev–Trinajstić information content (AvgIpc) is 3.18. The first-order valence-electron chi connectivity index (χ1n) is 8.75. The third-order valence-corrected chi connectivity index (χ3v) is 5.12. The highest BCUT2D eigenvalue weighted by molar-refractivity contribution is 7.18. The van der Waals surface area contributed by atoms with Crippen molar-refractivity contribution in [2.24, 2.45) is 0 Å². The van der Waals surface area contributed by atoms with E-state index in [1.165, 1.54) is 11.3 Å². The van der Waals surface area contributed by atoms with Crippen molar-refractivity contribution in [1.29, 1.82) is 0 Å². The van der Waals surface area contributed by atoms with E-state index >= 15 is 0 Å². The van der Waals surface area contributed by atoms with E-state index < -0.39 is 0 Å². The molecule has 0 unspecified atom stereocenters. The summed E-state index contributed by atoms with van der Waals surface area (Å²) in [5, 5.41) is 3.68. The van der Waals surface area contributed by atoms with Crippen molar-refractivity contribution in [3.8, 4) is 0 Å². The van der Waals surface area contributed by atoms with Gasteiger partial charge < -0.3 is 5.32 Å². The lowest BCUT2D eigenvalue weighted by atomic mass is 10.0. The first-order valence-corrected chi connectivity index (χ1v) is 9.56. The van der Waals surface area contributed by atoms with Gasteiger partial charge in [-0.2, -0.15) is 0 Å². The first kappa shape index (κ1) is 17.8. The number of para-hydroxylation sites is 1. The second-order valence-electron chi connectivity index (χ2n) is 6.08. The molecule has 0 radical (unpaired) electrons. The fourth-order valence-corrected chi connectivity index (χ4v) is 3.72. The molecule has 4 aromatic rings. The van der Waals surface area contributed by atoms with E-state index in [1.807, 2.05) is 42.5 Å². The molecule has 0 spiro atoms. The number of hydrogen-bond acceptors (Lipinski definition) is 5. The lowest BCUT2D eigenvalue weighted by Crippen LogP contribution is -2.09. The van der Waals surface area contributed by atoms with Gasteiger partial charge in [-0.15, -0.1) is 0 Å². The van der Waals surface area contributed by atoms with Gasteiger partial charge in [0, 0.05) is 16.8 Å². The highest BCUT2D eigenvalue weighted by Gasteiger charge is 2.25. The maximum atomic E-state index is 13.1. The van der Waals surface area contributed by atoms with Gasteiger partial charge in [-0.25, -0.2) is 4.98 Å². The number of nitrogens with zero attached hydrogens (tertiary/aromatic N) is 1. The van der Waals surface area contributed by atoms with Gasteiger partial charge in [0.25, 0.3) is 0 Å². The molecule has 0 saturated heterocycles. The number of ketones is 2. The number of aromatic nitrogens is 1. The van der Waals surface area contributed by atoms with E-state index in [-0.39, 0.29) is 17.3 Å². The topological polar surface area (TPSA) is 59.1 Å². The van der Waals surface area contributed by atoms with E-state index in [4.69, 9.17) is 0 Å². The van der Waals surface area contributed by atoms with Crippen LogP contribution in [0.3, 0.4) is 0 Å². The van der Waals surface area contributed by atoms with Crippen LogP contribution in [-0.4, -0.2) is 16.6 Å². The van der Waals surface area contributed by atoms with E-state index in [2.05, 4.69) is 10.3 Å². The standard InChI is InChI=1S/C23H16N2O2S/c26-20(16-10-4-1-5-11-16)19-22(21(27)17-12-6-2-7-13-17)28-23(25-19)24-18-14-8-3-9-15-18/h1-15H,(H,24,25). The van der Waals surface area contributed by atoms with Crippen LogP contribution < -0.4 is 5.32 Å². The summed E-state index contributed by atoms with van der Waals surface area (Å²) >= 11 is 1.19. The predicted molar refractivity (Wildman–Crippen MR) is 112 cm³/mol. The zero-order valence-corrected chi connectivity index (χ0v) is 15.6. The molecule has 136 valence electrons. The van der Waals surface area contributed by atoms with Gasteiger partial charge in [0.1, 0.15) is 10.6 Å². The molecule has 4 nitrogen and oxygen atoms in total. The number of anilines is 2. The van der Waals surface area contributed by atoms with Gasteiger partial charge in [-0.3, -0.25) is 9.59 Å². The Labute approximate surface area is 166 Å². The lowest BCUT2D eigenvalue weighted by molar-refractivity contribution is 0.100. The second-order valence-corrected chi connectivity index (χ2v) is 7.08. The molecule has 0 amide bonds. The number of carbonyl (C=O) groups is 2. The molecule has 1 heterocycles. The maximum absolute atomic E-state index is 13.1. The molecular weight excluding hydrogens is 368 g/mol. The van der Waals surface area contributed by atoms with Crippen LogP contribution in [0, 0.1) is 0 Å². The minimum Gasteiger partial charge on any atom is -0.332 e. The van der Waals surface area contributed by atoms with E-state index in [9.17, 15) is 9.59 Å². The Morgan fingerprint density at radius 1 is 0.679 bits per heavy atom. The Kier molecular flexibility index (Phi) is 5.08. The molecule has 0 atom stereocenters. The number of rotatable bonds is 6. The molecule has 0 aliphatic carbocycles. The summed E-state index contributed by atoms with van der Waals surface area (Å²) in [6.07, 6.45) is 0. The zero-order valence-electron chi connectivity index (χ0n) is 14.8. The van der Waals surface area contributed by atoms with Crippen LogP contribution in [0.2, 0.25) is 0 Å². The van der Waals surface area contributed by atoms with Gasteiger partial charge in [0.15, 0.2) is 5.13 Å². The van der Waals surface area contributed by atoms with Crippen LogP contribution in [0.5, 0.6) is 0 Å². The van der Waals surface area contributed by atoms with Crippen molar-refractivity contribution in [2.75, 3.05) is 5.32 Å². The Morgan fingerprint density at radius 3 is 1.75 bits per heavy atom. The van der Waals surface area contributed by atoms with Crippen LogP contribution >= 0.6 is 11.3 Å². The largest absolute Gasteiger partial charge is 0.332 e. The molecule has 0 aliphatic heterocycles. The van der Waals surface area contributed by atoms with Gasteiger partial charge in [-0.05, 0) is 12.1 Å². The summed E-state index contributed by atoms with van der Waals surface area (Å²) in [6, 6.07) is 27.3. The predicted octanol–water partition coefficient (Wildman–Crippen LogP) is 5.35. The normalized spacial score (nSPS) is 10.4. The summed E-state index contributed by atoms with van der Waals surface area (Å²) in [7, 11) is 0. The first-order chi connectivity index (χ1) is 13.7. The minimum absolute atomic E-state index is 0.170. The summed E-state index contributed by atoms with van der Waals surface area (Å²) in [6.45, 7) is 0. The third-order valence-electron chi connectivity index (χ3n) is 4.15. The molecule has 1 aromatic heterocycles. The van der Waals surface area contributed by atoms with Crippen LogP contribution in [0.1, 0.15) is 31.3 Å². The molecular formula is C23H16N2O2S. The lowest BCUT2D eigenvalue weighted by Gasteiger charge is -2.02. The number of carbonyl (C=O) groups excluding carboxylic acids is 2.